The van der Waals surface area contributed by atoms with Crippen molar-refractivity contribution in [2.75, 3.05) is 12.3 Å². The predicted molar refractivity (Wildman–Crippen MR) is 137 cm³/mol. The second-order valence-electron chi connectivity index (χ2n) is 7.98. The van der Waals surface area contributed by atoms with Crippen molar-refractivity contribution in [1.82, 2.24) is 10.2 Å². The molecule has 2 aromatic carbocycles. The highest BCUT2D eigenvalue weighted by Crippen LogP contribution is 2.28. The van der Waals surface area contributed by atoms with Gasteiger partial charge < -0.3 is 10.2 Å². The second kappa shape index (κ2) is 13.4. The summed E-state index contributed by atoms with van der Waals surface area (Å²) in [5.74, 6) is -0.370. The molecule has 0 spiro atoms. The van der Waals surface area contributed by atoms with E-state index in [1.807, 2.05) is 20.8 Å². The number of thioether (sulfide) groups is 1. The first-order valence-corrected chi connectivity index (χ1v) is 12.9. The molecule has 0 radical (unpaired) electrons. The number of rotatable bonds is 11. The molecule has 0 saturated carbocycles. The first-order valence-electron chi connectivity index (χ1n) is 10.7. The largest absolute Gasteiger partial charge is 0.354 e. The van der Waals surface area contributed by atoms with Crippen LogP contribution in [-0.2, 0) is 21.9 Å². The summed E-state index contributed by atoms with van der Waals surface area (Å²) < 4.78 is 14.1. The number of halogens is 4. The van der Waals surface area contributed by atoms with Gasteiger partial charge in [-0.3, -0.25) is 9.59 Å². The van der Waals surface area contributed by atoms with Crippen LogP contribution < -0.4 is 5.32 Å². The minimum atomic E-state index is -0.693. The zero-order valence-electron chi connectivity index (χ0n) is 18.8. The first kappa shape index (κ1) is 27.8. The lowest BCUT2D eigenvalue weighted by Gasteiger charge is -2.31. The van der Waals surface area contributed by atoms with Crippen LogP contribution in [0.1, 0.15) is 38.3 Å². The van der Waals surface area contributed by atoms with Gasteiger partial charge in [0.1, 0.15) is 11.9 Å². The molecule has 2 amide bonds. The molecule has 1 N–H and O–H groups in total. The number of hydrogen-bond acceptors (Lipinski definition) is 3. The van der Waals surface area contributed by atoms with Crippen LogP contribution in [0.5, 0.6) is 0 Å². The first-order chi connectivity index (χ1) is 15.6. The van der Waals surface area contributed by atoms with Gasteiger partial charge in [0.15, 0.2) is 0 Å². The number of hydrogen-bond donors (Lipinski definition) is 1. The minimum absolute atomic E-state index is 0.0424. The summed E-state index contributed by atoms with van der Waals surface area (Å²) in [7, 11) is 0. The van der Waals surface area contributed by atoms with Crippen LogP contribution in [0.25, 0.3) is 0 Å². The second-order valence-corrected chi connectivity index (χ2v) is 10.2. The Kier molecular flexibility index (Phi) is 11.3. The summed E-state index contributed by atoms with van der Waals surface area (Å²) >= 11 is 20.0. The van der Waals surface area contributed by atoms with Crippen LogP contribution in [-0.4, -0.2) is 35.1 Å². The number of carbonyl (C=O) groups excluding carboxylic acids is 2. The summed E-state index contributed by atoms with van der Waals surface area (Å²) in [5.41, 5.74) is 0.922. The van der Waals surface area contributed by atoms with Gasteiger partial charge in [-0.05, 0) is 36.6 Å². The molecule has 9 heteroatoms. The number of benzene rings is 2. The molecule has 0 aliphatic rings. The van der Waals surface area contributed by atoms with Gasteiger partial charge in [0.05, 0.1) is 5.75 Å². The predicted octanol–water partition coefficient (Wildman–Crippen LogP) is 6.60. The Balaban J connectivity index is 2.22. The highest BCUT2D eigenvalue weighted by molar-refractivity contribution is 7.99. The molecule has 0 saturated heterocycles. The highest BCUT2D eigenvalue weighted by atomic mass is 35.5. The van der Waals surface area contributed by atoms with Crippen molar-refractivity contribution in [3.63, 3.8) is 0 Å². The van der Waals surface area contributed by atoms with Crippen molar-refractivity contribution in [3.8, 4) is 0 Å². The molecule has 0 aliphatic carbocycles. The lowest BCUT2D eigenvalue weighted by Crippen LogP contribution is -2.50. The molecular formula is C24H28Cl3FN2O2S. The van der Waals surface area contributed by atoms with Crippen molar-refractivity contribution in [2.45, 2.75) is 45.5 Å². The maximum Gasteiger partial charge on any atom is 0.242 e. The Morgan fingerprint density at radius 3 is 2.15 bits per heavy atom. The van der Waals surface area contributed by atoms with Crippen molar-refractivity contribution in [1.29, 1.82) is 0 Å². The van der Waals surface area contributed by atoms with Gasteiger partial charge >= 0.3 is 0 Å². The SMILES string of the molecule is CC[C@@H](C(=O)NCC(C)C)N(Cc1c(Cl)cccc1Cl)C(=O)CSCc1c(F)cccc1Cl. The lowest BCUT2D eigenvalue weighted by molar-refractivity contribution is -0.139. The number of carbonyl (C=O) groups is 2. The molecule has 1 atom stereocenters. The molecule has 0 bridgehead atoms. The third-order valence-corrected chi connectivity index (χ3v) is 7.00. The average Bonchev–Trinajstić information content (AvgIpc) is 2.76. The fourth-order valence-corrected chi connectivity index (χ4v) is 4.96. The van der Waals surface area contributed by atoms with E-state index in [2.05, 4.69) is 5.32 Å². The smallest absolute Gasteiger partial charge is 0.242 e. The number of amides is 2. The Labute approximate surface area is 214 Å². The summed E-state index contributed by atoms with van der Waals surface area (Å²) in [6.45, 7) is 6.44. The maximum absolute atomic E-state index is 14.1. The van der Waals surface area contributed by atoms with Crippen molar-refractivity contribution in [2.24, 2.45) is 5.92 Å². The van der Waals surface area contributed by atoms with Crippen LogP contribution in [0, 0.1) is 11.7 Å². The lowest BCUT2D eigenvalue weighted by atomic mass is 10.1. The average molecular weight is 534 g/mol. The summed E-state index contributed by atoms with van der Waals surface area (Å²) in [4.78, 5) is 27.7. The molecule has 0 aliphatic heterocycles. The van der Waals surface area contributed by atoms with Crippen LogP contribution in [0.15, 0.2) is 36.4 Å². The fraction of sp³-hybridized carbons (Fsp3) is 0.417. The number of nitrogens with zero attached hydrogens (tertiary/aromatic N) is 1. The van der Waals surface area contributed by atoms with Gasteiger partial charge in [-0.15, -0.1) is 11.8 Å². The molecule has 33 heavy (non-hydrogen) atoms. The van der Waals surface area contributed by atoms with E-state index in [-0.39, 0.29) is 35.8 Å². The van der Waals surface area contributed by atoms with E-state index in [4.69, 9.17) is 34.8 Å². The Bertz CT molecular complexity index is 934. The van der Waals surface area contributed by atoms with Gasteiger partial charge in [-0.25, -0.2) is 4.39 Å². The molecule has 2 rings (SSSR count). The third-order valence-electron chi connectivity index (χ3n) is 4.99. The standard InChI is InChI=1S/C24H28Cl3FN2O2S/c1-4-22(24(32)29-11-15(2)3)30(12-16-18(25)7-5-8-19(16)26)23(31)14-33-13-17-20(27)9-6-10-21(17)28/h5-10,15,22H,4,11-14H2,1-3H3,(H,29,32)/t22-/m0/s1. The van der Waals surface area contributed by atoms with E-state index in [1.54, 1.807) is 24.3 Å². The van der Waals surface area contributed by atoms with Gasteiger partial charge in [-0.2, -0.15) is 0 Å². The fourth-order valence-electron chi connectivity index (χ4n) is 3.19. The maximum atomic E-state index is 14.1. The van der Waals surface area contributed by atoms with E-state index in [0.29, 0.717) is 39.2 Å². The van der Waals surface area contributed by atoms with Gasteiger partial charge in [0.25, 0.3) is 0 Å². The van der Waals surface area contributed by atoms with E-state index in [9.17, 15) is 14.0 Å². The van der Waals surface area contributed by atoms with Gasteiger partial charge in [0.2, 0.25) is 11.8 Å². The van der Waals surface area contributed by atoms with Crippen molar-refractivity contribution in [3.05, 3.63) is 68.4 Å². The van der Waals surface area contributed by atoms with Gasteiger partial charge in [-0.1, -0.05) is 67.7 Å². The van der Waals surface area contributed by atoms with Crippen molar-refractivity contribution >= 4 is 58.4 Å². The van der Waals surface area contributed by atoms with Gasteiger partial charge in [0, 0.05) is 45.0 Å². The zero-order chi connectivity index (χ0) is 24.5. The van der Waals surface area contributed by atoms with E-state index in [0.717, 1.165) is 0 Å². The molecule has 180 valence electrons. The summed E-state index contributed by atoms with van der Waals surface area (Å²) in [6.07, 6.45) is 0.418. The zero-order valence-corrected chi connectivity index (χ0v) is 21.9. The number of nitrogens with one attached hydrogen (secondary N) is 1. The summed E-state index contributed by atoms with van der Waals surface area (Å²) in [5, 5.41) is 4.06. The highest BCUT2D eigenvalue weighted by Gasteiger charge is 2.29. The Morgan fingerprint density at radius 2 is 1.61 bits per heavy atom. The molecule has 4 nitrogen and oxygen atoms in total. The Hall–Kier alpha value is -1.47. The molecular weight excluding hydrogens is 506 g/mol. The quantitative estimate of drug-likeness (QED) is 0.354. The summed E-state index contributed by atoms with van der Waals surface area (Å²) in [6, 6.07) is 8.90. The minimum Gasteiger partial charge on any atom is -0.354 e. The third kappa shape index (κ3) is 8.06. The Morgan fingerprint density at radius 1 is 1.03 bits per heavy atom. The van der Waals surface area contributed by atoms with E-state index >= 15 is 0 Å². The van der Waals surface area contributed by atoms with Crippen molar-refractivity contribution < 1.29 is 14.0 Å². The van der Waals surface area contributed by atoms with E-state index < -0.39 is 11.9 Å². The van der Waals surface area contributed by atoms with E-state index in [1.165, 1.54) is 28.8 Å². The molecule has 0 aromatic heterocycles. The van der Waals surface area contributed by atoms with Crippen LogP contribution in [0.3, 0.4) is 0 Å². The molecule has 0 unspecified atom stereocenters. The topological polar surface area (TPSA) is 49.4 Å². The van der Waals surface area contributed by atoms with Crippen LogP contribution in [0.2, 0.25) is 15.1 Å². The molecule has 2 aromatic rings. The molecule has 0 heterocycles. The molecule has 0 fully saturated rings. The monoisotopic (exact) mass is 532 g/mol. The van der Waals surface area contributed by atoms with Crippen LogP contribution >= 0.6 is 46.6 Å². The van der Waals surface area contributed by atoms with Crippen LogP contribution in [0.4, 0.5) is 4.39 Å². The normalized spacial score (nSPS) is 12.0.